The fraction of sp³-hybridized carbons (Fsp3) is 0.417. The van der Waals surface area contributed by atoms with Crippen LogP contribution in [-0.2, 0) is 30.5 Å². The summed E-state index contributed by atoms with van der Waals surface area (Å²) in [4.78, 5) is 11.8. The molecular weight excluding hydrogens is 360 g/mol. The van der Waals surface area contributed by atoms with Gasteiger partial charge in [0.15, 0.2) is 0 Å². The van der Waals surface area contributed by atoms with Crippen LogP contribution in [0.15, 0.2) is 41.5 Å². The highest BCUT2D eigenvalue weighted by atomic mass is 16.2. The maximum Gasteiger partial charge on any atom is 0.253 e. The number of rotatable bonds is 2. The number of carbonyl (C=O) groups excluding carboxylic acids is 1. The molecule has 1 aliphatic heterocycles. The first-order chi connectivity index (χ1) is 14.1. The summed E-state index contributed by atoms with van der Waals surface area (Å²) in [6.07, 6.45) is 10.4. The van der Waals surface area contributed by atoms with Gasteiger partial charge in [-0.05, 0) is 105 Å². The first-order valence-corrected chi connectivity index (χ1v) is 10.7. The molecule has 0 unspecified atom stereocenters. The summed E-state index contributed by atoms with van der Waals surface area (Å²) in [7, 11) is 0. The lowest BCUT2D eigenvalue weighted by molar-refractivity contribution is -0.116. The first kappa shape index (κ1) is 19.6. The van der Waals surface area contributed by atoms with Gasteiger partial charge < -0.3 is 5.43 Å². The van der Waals surface area contributed by atoms with Gasteiger partial charge in [-0.25, -0.2) is 5.01 Å². The average Bonchev–Trinajstić information content (AvgIpc) is 3.11. The molecule has 2 aromatic rings. The number of hydrogen-bond acceptors (Lipinski definition) is 4. The number of amides is 1. The van der Waals surface area contributed by atoms with Crippen molar-refractivity contribution in [3.8, 4) is 0 Å². The van der Waals surface area contributed by atoms with Crippen molar-refractivity contribution < 1.29 is 4.79 Å². The average molecular weight is 391 g/mol. The van der Waals surface area contributed by atoms with E-state index in [0.29, 0.717) is 6.42 Å². The van der Waals surface area contributed by atoms with E-state index >= 15 is 0 Å². The van der Waals surface area contributed by atoms with Gasteiger partial charge in [0.2, 0.25) is 0 Å². The molecule has 1 heterocycles. The standard InChI is InChI=1S/C14H16N2O.C10H14N2/c1-10-8-14(17)16(15-10)13-7-6-11-4-2-3-5-12(11)9-13;11-12-10-6-5-8-3-1-2-4-9(8)7-10/h6-7,9H,2-5,8H2,1H3;5-7,12H,1-4,11H2. The first-order valence-electron chi connectivity index (χ1n) is 10.7. The van der Waals surface area contributed by atoms with Crippen molar-refractivity contribution in [1.29, 1.82) is 0 Å². The van der Waals surface area contributed by atoms with Crippen LogP contribution in [0.4, 0.5) is 11.4 Å². The normalized spacial score (nSPS) is 17.7. The maximum atomic E-state index is 11.8. The molecule has 5 rings (SSSR count). The molecule has 0 atom stereocenters. The number of carbonyl (C=O) groups is 1. The summed E-state index contributed by atoms with van der Waals surface area (Å²) in [6.45, 7) is 1.90. The summed E-state index contributed by atoms with van der Waals surface area (Å²) in [5, 5.41) is 5.83. The van der Waals surface area contributed by atoms with Crippen LogP contribution in [-0.4, -0.2) is 11.6 Å². The molecule has 2 aliphatic carbocycles. The molecule has 3 N–H and O–H groups in total. The van der Waals surface area contributed by atoms with Crippen LogP contribution in [0.2, 0.25) is 0 Å². The summed E-state index contributed by atoms with van der Waals surface area (Å²) in [5.41, 5.74) is 11.3. The number of nitrogens with zero attached hydrogens (tertiary/aromatic N) is 2. The van der Waals surface area contributed by atoms with Gasteiger partial charge in [-0.1, -0.05) is 12.1 Å². The van der Waals surface area contributed by atoms with Gasteiger partial charge in [0, 0.05) is 11.4 Å². The zero-order valence-electron chi connectivity index (χ0n) is 17.2. The molecule has 0 spiro atoms. The van der Waals surface area contributed by atoms with E-state index in [9.17, 15) is 4.79 Å². The van der Waals surface area contributed by atoms with E-state index in [1.54, 1.807) is 5.01 Å². The highest BCUT2D eigenvalue weighted by molar-refractivity contribution is 6.12. The molecule has 3 aliphatic rings. The van der Waals surface area contributed by atoms with E-state index in [2.05, 4.69) is 34.8 Å². The molecule has 2 aromatic carbocycles. The van der Waals surface area contributed by atoms with E-state index in [1.165, 1.54) is 67.2 Å². The van der Waals surface area contributed by atoms with Crippen molar-refractivity contribution in [2.24, 2.45) is 10.9 Å². The molecule has 0 radical (unpaired) electrons. The number of hydrazone groups is 1. The third-order valence-electron chi connectivity index (χ3n) is 6.01. The molecule has 5 nitrogen and oxygen atoms in total. The molecule has 29 heavy (non-hydrogen) atoms. The molecule has 0 fully saturated rings. The summed E-state index contributed by atoms with van der Waals surface area (Å²) in [5.74, 6) is 5.41. The minimum atomic E-state index is 0.0817. The number of hydrogen-bond donors (Lipinski definition) is 2. The van der Waals surface area contributed by atoms with Crippen molar-refractivity contribution in [3.05, 3.63) is 58.7 Å². The molecular formula is C24H30N4O. The van der Waals surface area contributed by atoms with Crippen molar-refractivity contribution in [2.75, 3.05) is 10.4 Å². The highest BCUT2D eigenvalue weighted by Crippen LogP contribution is 2.28. The molecule has 1 amide bonds. The quantitative estimate of drug-likeness (QED) is 0.585. The van der Waals surface area contributed by atoms with Crippen LogP contribution in [0.5, 0.6) is 0 Å². The van der Waals surface area contributed by atoms with E-state index in [0.717, 1.165) is 23.5 Å². The Morgan fingerprint density at radius 1 is 0.862 bits per heavy atom. The Kier molecular flexibility index (Phi) is 5.95. The molecule has 0 saturated heterocycles. The second-order valence-electron chi connectivity index (χ2n) is 8.21. The maximum absolute atomic E-state index is 11.8. The molecule has 152 valence electrons. The Balaban J connectivity index is 0.000000150. The zero-order valence-corrected chi connectivity index (χ0v) is 17.2. The Morgan fingerprint density at radius 3 is 2.03 bits per heavy atom. The number of nitrogen functional groups attached to an aromatic ring is 1. The van der Waals surface area contributed by atoms with Gasteiger partial charge in [0.05, 0.1) is 12.1 Å². The second kappa shape index (κ2) is 8.78. The van der Waals surface area contributed by atoms with Gasteiger partial charge in [-0.2, -0.15) is 5.10 Å². The van der Waals surface area contributed by atoms with E-state index in [-0.39, 0.29) is 5.91 Å². The van der Waals surface area contributed by atoms with Gasteiger partial charge >= 0.3 is 0 Å². The Hall–Kier alpha value is -2.66. The highest BCUT2D eigenvalue weighted by Gasteiger charge is 2.23. The number of aryl methyl sites for hydroxylation is 4. The summed E-state index contributed by atoms with van der Waals surface area (Å²) < 4.78 is 0. The predicted octanol–water partition coefficient (Wildman–Crippen LogP) is 4.53. The topological polar surface area (TPSA) is 70.7 Å². The monoisotopic (exact) mass is 390 g/mol. The van der Waals surface area contributed by atoms with Crippen molar-refractivity contribution in [2.45, 2.75) is 64.7 Å². The third kappa shape index (κ3) is 4.51. The van der Waals surface area contributed by atoms with Crippen molar-refractivity contribution in [3.63, 3.8) is 0 Å². The van der Waals surface area contributed by atoms with Crippen molar-refractivity contribution in [1.82, 2.24) is 0 Å². The van der Waals surface area contributed by atoms with Crippen molar-refractivity contribution >= 4 is 23.0 Å². The number of benzene rings is 2. The minimum absolute atomic E-state index is 0.0817. The van der Waals surface area contributed by atoms with Crippen LogP contribution in [0, 0.1) is 0 Å². The zero-order chi connectivity index (χ0) is 20.2. The van der Waals surface area contributed by atoms with Crippen LogP contribution in [0.25, 0.3) is 0 Å². The SMILES string of the molecule is CC1=NN(c2ccc3c(c2)CCCC3)C(=O)C1.NNc1ccc2c(c1)CCCC2. The Bertz CT molecular complexity index is 934. The Morgan fingerprint density at radius 2 is 1.45 bits per heavy atom. The number of hydrazine groups is 1. The molecule has 0 bridgehead atoms. The second-order valence-corrected chi connectivity index (χ2v) is 8.21. The van der Waals surface area contributed by atoms with E-state index in [1.807, 2.05) is 19.1 Å². The van der Waals surface area contributed by atoms with Crippen LogP contribution in [0.1, 0.15) is 61.3 Å². The number of nitrogens with two attached hydrogens (primary N) is 1. The lowest BCUT2D eigenvalue weighted by Crippen LogP contribution is -2.20. The molecule has 0 saturated carbocycles. The van der Waals surface area contributed by atoms with Crippen LogP contribution >= 0.6 is 0 Å². The molecule has 5 heteroatoms. The Labute approximate surface area is 173 Å². The third-order valence-corrected chi connectivity index (χ3v) is 6.01. The molecule has 0 aromatic heterocycles. The smallest absolute Gasteiger partial charge is 0.253 e. The van der Waals surface area contributed by atoms with Gasteiger partial charge in [0.1, 0.15) is 0 Å². The fourth-order valence-electron chi connectivity index (χ4n) is 4.43. The van der Waals surface area contributed by atoms with Crippen LogP contribution < -0.4 is 16.3 Å². The number of anilines is 2. The number of fused-ring (bicyclic) bond motifs is 2. The lowest BCUT2D eigenvalue weighted by atomic mass is 9.91. The lowest BCUT2D eigenvalue weighted by Gasteiger charge is -2.19. The minimum Gasteiger partial charge on any atom is -0.324 e. The van der Waals surface area contributed by atoms with E-state index < -0.39 is 0 Å². The van der Waals surface area contributed by atoms with Gasteiger partial charge in [-0.15, -0.1) is 0 Å². The van der Waals surface area contributed by atoms with Gasteiger partial charge in [0.25, 0.3) is 5.91 Å². The largest absolute Gasteiger partial charge is 0.324 e. The fourth-order valence-corrected chi connectivity index (χ4v) is 4.43. The summed E-state index contributed by atoms with van der Waals surface area (Å²) in [6, 6.07) is 12.7. The predicted molar refractivity (Wildman–Crippen MR) is 119 cm³/mol. The summed E-state index contributed by atoms with van der Waals surface area (Å²) >= 11 is 0. The van der Waals surface area contributed by atoms with Crippen LogP contribution in [0.3, 0.4) is 0 Å². The van der Waals surface area contributed by atoms with E-state index in [4.69, 9.17) is 5.84 Å². The number of nitrogens with one attached hydrogen (secondary N) is 1. The van der Waals surface area contributed by atoms with Gasteiger partial charge in [-0.3, -0.25) is 10.6 Å².